The van der Waals surface area contributed by atoms with Gasteiger partial charge in [0.25, 0.3) is 0 Å². The Hall–Kier alpha value is -2.45. The summed E-state index contributed by atoms with van der Waals surface area (Å²) in [6, 6.07) is 3.23. The molecule has 0 amide bonds. The van der Waals surface area contributed by atoms with Gasteiger partial charge in [-0.25, -0.2) is 19.9 Å². The molecule has 2 aromatic rings. The van der Waals surface area contributed by atoms with E-state index in [-0.39, 0.29) is 11.9 Å². The van der Waals surface area contributed by atoms with Crippen molar-refractivity contribution in [1.29, 1.82) is 0 Å². The van der Waals surface area contributed by atoms with Crippen LogP contribution in [-0.4, -0.2) is 46.1 Å². The number of alkyl halides is 3. The Balaban J connectivity index is 1.70. The standard InChI is InChI=1S/C17H21F3N6/c1-11-8-15(22-10-21-11)25(3)13-4-6-26(7-5-13)16-9-14(17(18,19)20)23-12(2)24-16/h8-10,13H,4-7H2,1-3H3. The van der Waals surface area contributed by atoms with Crippen LogP contribution < -0.4 is 9.80 Å². The summed E-state index contributed by atoms with van der Waals surface area (Å²) in [5.74, 6) is 1.32. The molecule has 3 rings (SSSR count). The Morgan fingerprint density at radius 1 is 1.08 bits per heavy atom. The van der Waals surface area contributed by atoms with E-state index in [1.807, 2.05) is 24.9 Å². The largest absolute Gasteiger partial charge is 0.433 e. The van der Waals surface area contributed by atoms with Crippen molar-refractivity contribution in [2.75, 3.05) is 29.9 Å². The smallest absolute Gasteiger partial charge is 0.356 e. The summed E-state index contributed by atoms with van der Waals surface area (Å²) in [7, 11) is 1.98. The molecule has 140 valence electrons. The molecule has 6 nitrogen and oxygen atoms in total. The summed E-state index contributed by atoms with van der Waals surface area (Å²) >= 11 is 0. The van der Waals surface area contributed by atoms with Gasteiger partial charge < -0.3 is 9.80 Å². The first-order valence-corrected chi connectivity index (χ1v) is 8.43. The molecule has 26 heavy (non-hydrogen) atoms. The third kappa shape index (κ3) is 4.03. The average molecular weight is 366 g/mol. The summed E-state index contributed by atoms with van der Waals surface area (Å²) in [5, 5.41) is 0. The van der Waals surface area contributed by atoms with E-state index in [0.29, 0.717) is 18.9 Å². The normalized spacial score (nSPS) is 16.0. The van der Waals surface area contributed by atoms with Crippen molar-refractivity contribution >= 4 is 11.6 Å². The number of piperidine rings is 1. The van der Waals surface area contributed by atoms with E-state index in [4.69, 9.17) is 0 Å². The van der Waals surface area contributed by atoms with Crippen molar-refractivity contribution in [2.24, 2.45) is 0 Å². The van der Waals surface area contributed by atoms with Crippen molar-refractivity contribution in [2.45, 2.75) is 38.9 Å². The minimum Gasteiger partial charge on any atom is -0.356 e. The van der Waals surface area contributed by atoms with Crippen molar-refractivity contribution in [1.82, 2.24) is 19.9 Å². The van der Waals surface area contributed by atoms with E-state index < -0.39 is 11.9 Å². The number of aromatic nitrogens is 4. The lowest BCUT2D eigenvalue weighted by Gasteiger charge is -2.38. The zero-order valence-corrected chi connectivity index (χ0v) is 15.0. The molecular weight excluding hydrogens is 345 g/mol. The molecule has 0 N–H and O–H groups in total. The summed E-state index contributed by atoms with van der Waals surface area (Å²) in [5.41, 5.74) is 0.00568. The second kappa shape index (κ2) is 7.05. The van der Waals surface area contributed by atoms with Crippen molar-refractivity contribution in [3.63, 3.8) is 0 Å². The maximum absolute atomic E-state index is 13.0. The Bertz CT molecular complexity index is 771. The van der Waals surface area contributed by atoms with Crippen molar-refractivity contribution in [3.05, 3.63) is 35.7 Å². The number of hydrogen-bond acceptors (Lipinski definition) is 6. The SMILES string of the molecule is Cc1cc(N(C)C2CCN(c3cc(C(F)(F)F)nc(C)n3)CC2)ncn1. The van der Waals surface area contributed by atoms with Gasteiger partial charge in [0.15, 0.2) is 0 Å². The molecule has 0 unspecified atom stereocenters. The zero-order chi connectivity index (χ0) is 18.9. The van der Waals surface area contributed by atoms with Gasteiger partial charge in [0, 0.05) is 44.0 Å². The fourth-order valence-electron chi connectivity index (χ4n) is 3.16. The summed E-state index contributed by atoms with van der Waals surface area (Å²) in [4.78, 5) is 20.1. The van der Waals surface area contributed by atoms with Gasteiger partial charge >= 0.3 is 6.18 Å². The average Bonchev–Trinajstić information content (AvgIpc) is 2.60. The maximum Gasteiger partial charge on any atom is 0.433 e. The number of hydrogen-bond donors (Lipinski definition) is 0. The number of halogens is 3. The van der Waals surface area contributed by atoms with Crippen LogP contribution in [-0.2, 0) is 6.18 Å². The number of nitrogens with zero attached hydrogens (tertiary/aromatic N) is 6. The van der Waals surface area contributed by atoms with Gasteiger partial charge in [-0.05, 0) is 26.7 Å². The zero-order valence-electron chi connectivity index (χ0n) is 15.0. The lowest BCUT2D eigenvalue weighted by atomic mass is 10.0. The summed E-state index contributed by atoms with van der Waals surface area (Å²) in [6.07, 6.45) is -1.31. The molecule has 0 radical (unpaired) electrons. The molecule has 2 aromatic heterocycles. The molecule has 0 spiro atoms. The van der Waals surface area contributed by atoms with E-state index in [9.17, 15) is 13.2 Å². The highest BCUT2D eigenvalue weighted by molar-refractivity contribution is 5.43. The molecule has 1 fully saturated rings. The highest BCUT2D eigenvalue weighted by atomic mass is 19.4. The third-order valence-electron chi connectivity index (χ3n) is 4.60. The molecule has 0 aromatic carbocycles. The molecular formula is C17H21F3N6. The van der Waals surface area contributed by atoms with Gasteiger partial charge in [-0.3, -0.25) is 0 Å². The first kappa shape index (κ1) is 18.3. The van der Waals surface area contributed by atoms with Gasteiger partial charge in [0.2, 0.25) is 0 Å². The van der Waals surface area contributed by atoms with E-state index in [2.05, 4.69) is 24.8 Å². The highest BCUT2D eigenvalue weighted by Gasteiger charge is 2.34. The van der Waals surface area contributed by atoms with Crippen LogP contribution in [0.5, 0.6) is 0 Å². The van der Waals surface area contributed by atoms with Crippen LogP contribution in [0, 0.1) is 13.8 Å². The van der Waals surface area contributed by atoms with Gasteiger partial charge in [0.05, 0.1) is 0 Å². The van der Waals surface area contributed by atoms with Crippen LogP contribution in [0.3, 0.4) is 0 Å². The molecule has 3 heterocycles. The van der Waals surface area contributed by atoms with Crippen LogP contribution in [0.2, 0.25) is 0 Å². The second-order valence-electron chi connectivity index (χ2n) is 6.50. The fraction of sp³-hybridized carbons (Fsp3) is 0.529. The summed E-state index contributed by atoms with van der Waals surface area (Å²) in [6.45, 7) is 4.66. The van der Waals surface area contributed by atoms with Gasteiger partial charge in [-0.15, -0.1) is 0 Å². The highest BCUT2D eigenvalue weighted by Crippen LogP contribution is 2.31. The lowest BCUT2D eigenvalue weighted by Crippen LogP contribution is -2.44. The number of rotatable bonds is 3. The fourth-order valence-corrected chi connectivity index (χ4v) is 3.16. The molecule has 1 aliphatic rings. The molecule has 0 atom stereocenters. The second-order valence-corrected chi connectivity index (χ2v) is 6.50. The van der Waals surface area contributed by atoms with Crippen molar-refractivity contribution in [3.8, 4) is 0 Å². The van der Waals surface area contributed by atoms with Gasteiger partial charge in [0.1, 0.15) is 29.5 Å². The van der Waals surface area contributed by atoms with Gasteiger partial charge in [-0.2, -0.15) is 13.2 Å². The Kier molecular flexibility index (Phi) is 4.97. The Morgan fingerprint density at radius 3 is 2.38 bits per heavy atom. The predicted octanol–water partition coefficient (Wildman–Crippen LogP) is 3.01. The molecule has 1 aliphatic heterocycles. The van der Waals surface area contributed by atoms with Crippen LogP contribution in [0.15, 0.2) is 18.5 Å². The summed E-state index contributed by atoms with van der Waals surface area (Å²) < 4.78 is 38.9. The van der Waals surface area contributed by atoms with Gasteiger partial charge in [-0.1, -0.05) is 0 Å². The number of aryl methyl sites for hydroxylation is 2. The van der Waals surface area contributed by atoms with Crippen LogP contribution in [0.25, 0.3) is 0 Å². The van der Waals surface area contributed by atoms with Crippen LogP contribution >= 0.6 is 0 Å². The minimum atomic E-state index is -4.47. The predicted molar refractivity (Wildman–Crippen MR) is 92.2 cm³/mol. The molecule has 1 saturated heterocycles. The van der Waals surface area contributed by atoms with E-state index in [1.54, 1.807) is 6.33 Å². The topological polar surface area (TPSA) is 58.0 Å². The number of anilines is 2. The molecule has 0 bridgehead atoms. The molecule has 0 saturated carbocycles. The first-order valence-electron chi connectivity index (χ1n) is 8.43. The molecule has 9 heteroatoms. The van der Waals surface area contributed by atoms with Crippen molar-refractivity contribution < 1.29 is 13.2 Å². The van der Waals surface area contributed by atoms with Crippen LogP contribution in [0.1, 0.15) is 30.1 Å². The quantitative estimate of drug-likeness (QED) is 0.832. The minimum absolute atomic E-state index is 0.130. The monoisotopic (exact) mass is 366 g/mol. The lowest BCUT2D eigenvalue weighted by molar-refractivity contribution is -0.141. The molecule has 0 aliphatic carbocycles. The van der Waals surface area contributed by atoms with E-state index >= 15 is 0 Å². The van der Waals surface area contributed by atoms with E-state index in [0.717, 1.165) is 30.4 Å². The first-order chi connectivity index (χ1) is 12.2. The van der Waals surface area contributed by atoms with Crippen LogP contribution in [0.4, 0.5) is 24.8 Å². The Morgan fingerprint density at radius 2 is 1.77 bits per heavy atom. The Labute approximate surface area is 150 Å². The maximum atomic E-state index is 13.0. The third-order valence-corrected chi connectivity index (χ3v) is 4.60. The van der Waals surface area contributed by atoms with E-state index in [1.165, 1.54) is 6.92 Å².